The number of carboxylic acid groups (broad SMARTS) is 1. The largest absolute Gasteiger partial charge is 0.544 e. The molecule has 6 heteroatoms. The predicted octanol–water partition coefficient (Wildman–Crippen LogP) is -3.39. The SMILES string of the molecule is O=C([O-])C[NH2+][C@H]1C=CS(=O)(=O)C1. The second-order valence-electron chi connectivity index (χ2n) is 2.63. The molecule has 1 aliphatic heterocycles. The van der Waals surface area contributed by atoms with E-state index in [2.05, 4.69) is 0 Å². The molecule has 0 amide bonds. The third-order valence-corrected chi connectivity index (χ3v) is 2.97. The lowest BCUT2D eigenvalue weighted by Crippen LogP contribution is -2.92. The summed E-state index contributed by atoms with van der Waals surface area (Å²) >= 11 is 0. The zero-order valence-corrected chi connectivity index (χ0v) is 7.08. The van der Waals surface area contributed by atoms with Gasteiger partial charge in [0.05, 0.1) is 5.97 Å². The van der Waals surface area contributed by atoms with Gasteiger partial charge in [-0.3, -0.25) is 0 Å². The van der Waals surface area contributed by atoms with Crippen LogP contribution in [0.3, 0.4) is 0 Å². The van der Waals surface area contributed by atoms with Gasteiger partial charge >= 0.3 is 0 Å². The van der Waals surface area contributed by atoms with E-state index in [-0.39, 0.29) is 18.3 Å². The van der Waals surface area contributed by atoms with Gasteiger partial charge in [0.25, 0.3) is 0 Å². The molecule has 0 aromatic heterocycles. The Labute approximate surface area is 70.0 Å². The van der Waals surface area contributed by atoms with Gasteiger partial charge in [0.15, 0.2) is 9.84 Å². The van der Waals surface area contributed by atoms with Crippen molar-refractivity contribution < 1.29 is 23.6 Å². The topological polar surface area (TPSA) is 90.9 Å². The van der Waals surface area contributed by atoms with Crippen molar-refractivity contribution in [1.82, 2.24) is 0 Å². The molecule has 0 radical (unpaired) electrons. The van der Waals surface area contributed by atoms with Crippen LogP contribution >= 0.6 is 0 Å². The van der Waals surface area contributed by atoms with E-state index in [1.165, 1.54) is 11.4 Å². The molecule has 0 aliphatic carbocycles. The molecule has 0 fully saturated rings. The van der Waals surface area contributed by atoms with Gasteiger partial charge in [-0.05, 0) is 6.08 Å². The number of hydrogen-bond acceptors (Lipinski definition) is 4. The number of nitrogens with two attached hydrogens (primary N) is 1. The fourth-order valence-electron chi connectivity index (χ4n) is 0.994. The third-order valence-electron chi connectivity index (χ3n) is 1.55. The molecule has 0 spiro atoms. The molecule has 68 valence electrons. The molecule has 5 nitrogen and oxygen atoms in total. The molecule has 0 unspecified atom stereocenters. The highest BCUT2D eigenvalue weighted by molar-refractivity contribution is 7.94. The number of carboxylic acids is 1. The first-order valence-corrected chi connectivity index (χ1v) is 5.15. The Balaban J connectivity index is 2.40. The minimum Gasteiger partial charge on any atom is -0.544 e. The molecule has 0 aromatic carbocycles. The van der Waals surface area contributed by atoms with Gasteiger partial charge in [0.1, 0.15) is 18.3 Å². The smallest absolute Gasteiger partial charge is 0.177 e. The second-order valence-corrected chi connectivity index (χ2v) is 4.56. The minimum absolute atomic E-state index is 0.0136. The summed E-state index contributed by atoms with van der Waals surface area (Å²) in [4.78, 5) is 10.0. The predicted molar refractivity (Wildman–Crippen MR) is 38.5 cm³/mol. The Morgan fingerprint density at radius 2 is 2.33 bits per heavy atom. The van der Waals surface area contributed by atoms with Gasteiger partial charge < -0.3 is 15.2 Å². The molecular formula is C6H9NO4S. The van der Waals surface area contributed by atoms with Crippen molar-refractivity contribution in [1.29, 1.82) is 0 Å². The molecule has 0 saturated carbocycles. The normalized spacial score (nSPS) is 25.8. The minimum atomic E-state index is -3.07. The summed E-state index contributed by atoms with van der Waals surface area (Å²) in [6.45, 7) is -0.204. The monoisotopic (exact) mass is 191 g/mol. The number of sulfone groups is 1. The number of hydrogen-bond donors (Lipinski definition) is 1. The van der Waals surface area contributed by atoms with Gasteiger partial charge in [-0.15, -0.1) is 0 Å². The lowest BCUT2D eigenvalue weighted by Gasteiger charge is -2.05. The fraction of sp³-hybridized carbons (Fsp3) is 0.500. The molecule has 12 heavy (non-hydrogen) atoms. The van der Waals surface area contributed by atoms with Crippen LogP contribution in [0.25, 0.3) is 0 Å². The Morgan fingerprint density at radius 3 is 2.75 bits per heavy atom. The molecule has 0 saturated heterocycles. The van der Waals surface area contributed by atoms with E-state index in [9.17, 15) is 18.3 Å². The summed E-state index contributed by atoms with van der Waals surface area (Å²) < 4.78 is 21.6. The summed E-state index contributed by atoms with van der Waals surface area (Å²) in [5, 5.41) is 12.5. The molecule has 0 bridgehead atoms. The number of carbonyl (C=O) groups excluding carboxylic acids is 1. The van der Waals surface area contributed by atoms with Crippen molar-refractivity contribution in [2.45, 2.75) is 6.04 Å². The highest BCUT2D eigenvalue weighted by Crippen LogP contribution is 2.03. The fourth-order valence-corrected chi connectivity index (χ4v) is 2.33. The maximum atomic E-state index is 10.8. The van der Waals surface area contributed by atoms with Crippen LogP contribution in [0.1, 0.15) is 0 Å². The van der Waals surface area contributed by atoms with Crippen LogP contribution in [-0.2, 0) is 14.6 Å². The molecule has 1 atom stereocenters. The Bertz CT molecular complexity index is 306. The van der Waals surface area contributed by atoms with Crippen molar-refractivity contribution in [3.8, 4) is 0 Å². The van der Waals surface area contributed by atoms with Crippen molar-refractivity contribution in [3.05, 3.63) is 11.5 Å². The molecule has 1 rings (SSSR count). The number of aliphatic carboxylic acids is 1. The second kappa shape index (κ2) is 3.24. The zero-order chi connectivity index (χ0) is 9.19. The summed E-state index contributed by atoms with van der Waals surface area (Å²) in [6.07, 6.45) is 1.48. The van der Waals surface area contributed by atoms with Gasteiger partial charge in [0.2, 0.25) is 0 Å². The lowest BCUT2D eigenvalue weighted by atomic mass is 10.3. The first-order chi connectivity index (χ1) is 5.49. The first kappa shape index (κ1) is 9.21. The quantitative estimate of drug-likeness (QED) is 0.503. The van der Waals surface area contributed by atoms with E-state index in [0.717, 1.165) is 5.41 Å². The van der Waals surface area contributed by atoms with Crippen LogP contribution in [-0.4, -0.2) is 32.7 Å². The summed E-state index contributed by atoms with van der Waals surface area (Å²) in [5.41, 5.74) is 0. The summed E-state index contributed by atoms with van der Waals surface area (Å²) in [6, 6.07) is -0.270. The van der Waals surface area contributed by atoms with Gasteiger partial charge in [-0.25, -0.2) is 8.42 Å². The van der Waals surface area contributed by atoms with Gasteiger partial charge in [-0.2, -0.15) is 0 Å². The average Bonchev–Trinajstić information content (AvgIpc) is 2.26. The molecule has 0 aromatic rings. The summed E-state index contributed by atoms with van der Waals surface area (Å²) in [7, 11) is -3.07. The van der Waals surface area contributed by atoms with Crippen LogP contribution < -0.4 is 10.4 Å². The van der Waals surface area contributed by atoms with Crippen molar-refractivity contribution >= 4 is 15.8 Å². The van der Waals surface area contributed by atoms with Crippen molar-refractivity contribution in [2.24, 2.45) is 0 Å². The highest BCUT2D eigenvalue weighted by atomic mass is 32.2. The average molecular weight is 191 g/mol. The van der Waals surface area contributed by atoms with E-state index in [1.807, 2.05) is 0 Å². The molecular weight excluding hydrogens is 182 g/mol. The van der Waals surface area contributed by atoms with Gasteiger partial charge in [0, 0.05) is 5.41 Å². The molecule has 1 aliphatic rings. The van der Waals surface area contributed by atoms with Crippen LogP contribution in [0.15, 0.2) is 11.5 Å². The number of quaternary nitrogens is 1. The molecule has 2 N–H and O–H groups in total. The number of rotatable bonds is 3. The maximum absolute atomic E-state index is 10.8. The molecule has 1 heterocycles. The van der Waals surface area contributed by atoms with E-state index in [1.54, 1.807) is 0 Å². The van der Waals surface area contributed by atoms with E-state index < -0.39 is 15.8 Å². The Hall–Kier alpha value is -0.880. The third kappa shape index (κ3) is 2.63. The van der Waals surface area contributed by atoms with E-state index in [0.29, 0.717) is 0 Å². The Kier molecular flexibility index (Phi) is 2.49. The van der Waals surface area contributed by atoms with Crippen LogP contribution in [0, 0.1) is 0 Å². The number of carbonyl (C=O) groups is 1. The standard InChI is InChI=1S/C6H9NO4S/c8-6(9)3-7-5-1-2-12(10,11)4-5/h1-2,5,7H,3-4H2,(H,8,9)/t5-/m0/s1. The van der Waals surface area contributed by atoms with Crippen molar-refractivity contribution in [3.63, 3.8) is 0 Å². The van der Waals surface area contributed by atoms with Crippen LogP contribution in [0.5, 0.6) is 0 Å². The lowest BCUT2D eigenvalue weighted by molar-refractivity contribution is -0.669. The highest BCUT2D eigenvalue weighted by Gasteiger charge is 2.23. The van der Waals surface area contributed by atoms with Crippen LogP contribution in [0.2, 0.25) is 0 Å². The van der Waals surface area contributed by atoms with Crippen LogP contribution in [0.4, 0.5) is 0 Å². The summed E-state index contributed by atoms with van der Waals surface area (Å²) in [5.74, 6) is -1.20. The van der Waals surface area contributed by atoms with Crippen molar-refractivity contribution in [2.75, 3.05) is 12.3 Å². The van der Waals surface area contributed by atoms with E-state index >= 15 is 0 Å². The zero-order valence-electron chi connectivity index (χ0n) is 6.26. The van der Waals surface area contributed by atoms with E-state index in [4.69, 9.17) is 0 Å². The Morgan fingerprint density at radius 1 is 1.67 bits per heavy atom. The van der Waals surface area contributed by atoms with Gasteiger partial charge in [-0.1, -0.05) is 0 Å². The first-order valence-electron chi connectivity index (χ1n) is 3.44. The maximum Gasteiger partial charge on any atom is 0.177 e.